The molecule has 0 aliphatic carbocycles. The SMILES string of the molecule is Cl.N[C@H](Cc1cccnn1)C(=O)O. The molecule has 0 saturated carbocycles. The molecule has 0 unspecified atom stereocenters. The number of carboxylic acid groups (broad SMARTS) is 1. The summed E-state index contributed by atoms with van der Waals surface area (Å²) in [7, 11) is 0. The number of aromatic nitrogens is 2. The second-order valence-corrected chi connectivity index (χ2v) is 2.36. The van der Waals surface area contributed by atoms with Crippen LogP contribution >= 0.6 is 12.4 Å². The van der Waals surface area contributed by atoms with Crippen LogP contribution in [0.2, 0.25) is 0 Å². The van der Waals surface area contributed by atoms with Crippen LogP contribution in [0.3, 0.4) is 0 Å². The van der Waals surface area contributed by atoms with Gasteiger partial charge in [0.2, 0.25) is 0 Å². The first-order valence-electron chi connectivity index (χ1n) is 3.45. The Bertz CT molecular complexity index is 268. The molecule has 1 heterocycles. The Morgan fingerprint density at radius 3 is 2.85 bits per heavy atom. The van der Waals surface area contributed by atoms with Gasteiger partial charge in [-0.25, -0.2) is 0 Å². The fraction of sp³-hybridized carbons (Fsp3) is 0.286. The van der Waals surface area contributed by atoms with Gasteiger partial charge in [0.25, 0.3) is 0 Å². The highest BCUT2D eigenvalue weighted by molar-refractivity contribution is 5.85. The summed E-state index contributed by atoms with van der Waals surface area (Å²) in [6.45, 7) is 0. The molecular formula is C7H10ClN3O2. The van der Waals surface area contributed by atoms with Crippen LogP contribution in [0.1, 0.15) is 5.69 Å². The minimum atomic E-state index is -1.03. The quantitative estimate of drug-likeness (QED) is 0.714. The van der Waals surface area contributed by atoms with E-state index in [2.05, 4.69) is 10.2 Å². The minimum absolute atomic E-state index is 0. The third-order valence-corrected chi connectivity index (χ3v) is 1.37. The van der Waals surface area contributed by atoms with Crippen molar-refractivity contribution in [3.05, 3.63) is 24.0 Å². The van der Waals surface area contributed by atoms with Gasteiger partial charge >= 0.3 is 5.97 Å². The van der Waals surface area contributed by atoms with Gasteiger partial charge in [0.05, 0.1) is 5.69 Å². The lowest BCUT2D eigenvalue weighted by Crippen LogP contribution is -2.32. The lowest BCUT2D eigenvalue weighted by Gasteiger charge is -2.03. The Morgan fingerprint density at radius 1 is 1.69 bits per heavy atom. The van der Waals surface area contributed by atoms with Gasteiger partial charge in [0.1, 0.15) is 6.04 Å². The van der Waals surface area contributed by atoms with Crippen LogP contribution in [0.4, 0.5) is 0 Å². The molecule has 72 valence electrons. The normalized spacial score (nSPS) is 11.5. The second-order valence-electron chi connectivity index (χ2n) is 2.36. The Hall–Kier alpha value is -1.20. The molecule has 0 aromatic carbocycles. The largest absolute Gasteiger partial charge is 0.480 e. The van der Waals surface area contributed by atoms with E-state index in [0.29, 0.717) is 5.69 Å². The Labute approximate surface area is 81.4 Å². The molecule has 1 atom stereocenters. The van der Waals surface area contributed by atoms with Gasteiger partial charge in [0.15, 0.2) is 0 Å². The molecule has 1 rings (SSSR count). The molecule has 3 N–H and O–H groups in total. The maximum absolute atomic E-state index is 10.3. The zero-order chi connectivity index (χ0) is 8.97. The van der Waals surface area contributed by atoms with Crippen LogP contribution in [0.15, 0.2) is 18.3 Å². The lowest BCUT2D eigenvalue weighted by atomic mass is 10.2. The van der Waals surface area contributed by atoms with Crippen LogP contribution in [0.5, 0.6) is 0 Å². The van der Waals surface area contributed by atoms with E-state index >= 15 is 0 Å². The number of carboxylic acids is 1. The maximum Gasteiger partial charge on any atom is 0.320 e. The van der Waals surface area contributed by atoms with Crippen molar-refractivity contribution < 1.29 is 9.90 Å². The van der Waals surface area contributed by atoms with Gasteiger partial charge in [-0.15, -0.1) is 12.4 Å². The molecule has 0 spiro atoms. The fourth-order valence-electron chi connectivity index (χ4n) is 0.755. The molecule has 1 aromatic heterocycles. The number of halogens is 1. The summed E-state index contributed by atoms with van der Waals surface area (Å²) in [5, 5.41) is 15.8. The number of carbonyl (C=O) groups is 1. The zero-order valence-electron chi connectivity index (χ0n) is 6.75. The topological polar surface area (TPSA) is 89.1 Å². The zero-order valence-corrected chi connectivity index (χ0v) is 7.57. The molecule has 0 radical (unpaired) electrons. The van der Waals surface area contributed by atoms with Crippen LogP contribution in [-0.4, -0.2) is 27.3 Å². The highest BCUT2D eigenvalue weighted by Crippen LogP contribution is 1.95. The summed E-state index contributed by atoms with van der Waals surface area (Å²) in [5.41, 5.74) is 5.87. The van der Waals surface area contributed by atoms with Gasteiger partial charge in [0, 0.05) is 12.6 Å². The number of nitrogens with two attached hydrogens (primary N) is 1. The number of aliphatic carboxylic acids is 1. The summed E-state index contributed by atoms with van der Waals surface area (Å²) < 4.78 is 0. The number of rotatable bonds is 3. The predicted octanol–water partition coefficient (Wildman–Crippen LogP) is -0.147. The lowest BCUT2D eigenvalue weighted by molar-refractivity contribution is -0.138. The average Bonchev–Trinajstić information content (AvgIpc) is 2.06. The van der Waals surface area contributed by atoms with Gasteiger partial charge in [-0.05, 0) is 12.1 Å². The molecule has 5 nitrogen and oxygen atoms in total. The smallest absolute Gasteiger partial charge is 0.320 e. The molecule has 0 bridgehead atoms. The van der Waals surface area contributed by atoms with Crippen molar-refractivity contribution in [2.24, 2.45) is 5.73 Å². The van der Waals surface area contributed by atoms with E-state index < -0.39 is 12.0 Å². The minimum Gasteiger partial charge on any atom is -0.480 e. The van der Waals surface area contributed by atoms with Crippen molar-refractivity contribution in [1.82, 2.24) is 10.2 Å². The highest BCUT2D eigenvalue weighted by atomic mass is 35.5. The second kappa shape index (κ2) is 5.45. The Kier molecular flexibility index (Phi) is 4.94. The molecule has 1 aromatic rings. The summed E-state index contributed by atoms with van der Waals surface area (Å²) in [5.74, 6) is -1.03. The Balaban J connectivity index is 0.00000144. The number of hydrogen-bond acceptors (Lipinski definition) is 4. The molecule has 0 fully saturated rings. The molecule has 0 aliphatic heterocycles. The van der Waals surface area contributed by atoms with Crippen molar-refractivity contribution >= 4 is 18.4 Å². The first kappa shape index (κ1) is 11.8. The molecular weight excluding hydrogens is 194 g/mol. The number of nitrogens with zero attached hydrogens (tertiary/aromatic N) is 2. The van der Waals surface area contributed by atoms with Gasteiger partial charge < -0.3 is 10.8 Å². The first-order chi connectivity index (χ1) is 5.70. The third-order valence-electron chi connectivity index (χ3n) is 1.37. The third kappa shape index (κ3) is 3.82. The standard InChI is InChI=1S/C7H9N3O2.ClH/c8-6(7(11)12)4-5-2-1-3-9-10-5;/h1-3,6H,4,8H2,(H,11,12);1H/t6-;/m1./s1. The number of hydrogen-bond donors (Lipinski definition) is 2. The average molecular weight is 204 g/mol. The van der Waals surface area contributed by atoms with E-state index in [0.717, 1.165) is 0 Å². The van der Waals surface area contributed by atoms with Gasteiger partial charge in [-0.3, -0.25) is 4.79 Å². The first-order valence-corrected chi connectivity index (χ1v) is 3.45. The molecule has 13 heavy (non-hydrogen) atoms. The molecule has 0 aliphatic rings. The van der Waals surface area contributed by atoms with Crippen LogP contribution < -0.4 is 5.73 Å². The molecule has 6 heteroatoms. The van der Waals surface area contributed by atoms with Crippen molar-refractivity contribution in [2.45, 2.75) is 12.5 Å². The van der Waals surface area contributed by atoms with Crippen molar-refractivity contribution in [2.75, 3.05) is 0 Å². The highest BCUT2D eigenvalue weighted by Gasteiger charge is 2.12. The predicted molar refractivity (Wildman–Crippen MR) is 48.6 cm³/mol. The maximum atomic E-state index is 10.3. The molecule has 0 saturated heterocycles. The van der Waals surface area contributed by atoms with E-state index in [4.69, 9.17) is 10.8 Å². The van der Waals surface area contributed by atoms with Crippen molar-refractivity contribution in [1.29, 1.82) is 0 Å². The van der Waals surface area contributed by atoms with E-state index in [1.54, 1.807) is 12.1 Å². The summed E-state index contributed by atoms with van der Waals surface area (Å²) in [6.07, 6.45) is 1.74. The van der Waals surface area contributed by atoms with Gasteiger partial charge in [-0.1, -0.05) is 0 Å². The van der Waals surface area contributed by atoms with Crippen LogP contribution in [-0.2, 0) is 11.2 Å². The fourth-order valence-corrected chi connectivity index (χ4v) is 0.755. The van der Waals surface area contributed by atoms with E-state index in [-0.39, 0.29) is 18.8 Å². The summed E-state index contributed by atoms with van der Waals surface area (Å²) in [4.78, 5) is 10.3. The van der Waals surface area contributed by atoms with Gasteiger partial charge in [-0.2, -0.15) is 10.2 Å². The monoisotopic (exact) mass is 203 g/mol. The summed E-state index contributed by atoms with van der Waals surface area (Å²) >= 11 is 0. The van der Waals surface area contributed by atoms with E-state index in [1.165, 1.54) is 6.20 Å². The molecule has 0 amide bonds. The van der Waals surface area contributed by atoms with Crippen LogP contribution in [0.25, 0.3) is 0 Å². The van der Waals surface area contributed by atoms with E-state index in [1.807, 2.05) is 0 Å². The van der Waals surface area contributed by atoms with Crippen molar-refractivity contribution in [3.8, 4) is 0 Å². The van der Waals surface area contributed by atoms with E-state index in [9.17, 15) is 4.79 Å². The summed E-state index contributed by atoms with van der Waals surface area (Å²) in [6, 6.07) is 2.48. The van der Waals surface area contributed by atoms with Crippen LogP contribution in [0, 0.1) is 0 Å². The Morgan fingerprint density at radius 2 is 2.38 bits per heavy atom. The van der Waals surface area contributed by atoms with Crippen molar-refractivity contribution in [3.63, 3.8) is 0 Å².